The standard InChI is InChI=1S/C14H16N2O2/c1-8-13-10(7-12(15-8)14(17)18-2)9-5-3-4-6-11(9)16-13/h3-6,8,12,15-16H,7H2,1-2H3/p+1/t8-,12+/m0/s1. The summed E-state index contributed by atoms with van der Waals surface area (Å²) in [6.07, 6.45) is 0.732. The Morgan fingerprint density at radius 3 is 3.00 bits per heavy atom. The first-order valence-electron chi connectivity index (χ1n) is 6.23. The number of methoxy groups -OCH3 is 1. The highest BCUT2D eigenvalue weighted by Gasteiger charge is 2.34. The van der Waals surface area contributed by atoms with Gasteiger partial charge in [-0.2, -0.15) is 0 Å². The Labute approximate surface area is 105 Å². The summed E-state index contributed by atoms with van der Waals surface area (Å²) in [6, 6.07) is 8.37. The predicted molar refractivity (Wildman–Crippen MR) is 68.1 cm³/mol. The number of hydrogen-bond donors (Lipinski definition) is 2. The minimum atomic E-state index is -0.141. The molecule has 0 spiro atoms. The number of aromatic nitrogens is 1. The van der Waals surface area contributed by atoms with Gasteiger partial charge >= 0.3 is 5.97 Å². The maximum Gasteiger partial charge on any atom is 0.364 e. The molecular weight excluding hydrogens is 228 g/mol. The van der Waals surface area contributed by atoms with Crippen molar-refractivity contribution in [1.82, 2.24) is 4.98 Å². The molecule has 1 aliphatic heterocycles. The van der Waals surface area contributed by atoms with Gasteiger partial charge in [0.05, 0.1) is 12.8 Å². The Morgan fingerprint density at radius 1 is 1.44 bits per heavy atom. The summed E-state index contributed by atoms with van der Waals surface area (Å²) in [6.45, 7) is 2.11. The minimum Gasteiger partial charge on any atom is -0.465 e. The number of nitrogens with one attached hydrogen (secondary N) is 1. The van der Waals surface area contributed by atoms with Gasteiger partial charge in [-0.3, -0.25) is 0 Å². The Balaban J connectivity index is 2.09. The molecule has 2 atom stereocenters. The van der Waals surface area contributed by atoms with Crippen LogP contribution in [0.15, 0.2) is 24.3 Å². The average molecular weight is 245 g/mol. The van der Waals surface area contributed by atoms with Crippen LogP contribution in [-0.4, -0.2) is 24.1 Å². The second-order valence-electron chi connectivity index (χ2n) is 4.88. The summed E-state index contributed by atoms with van der Waals surface area (Å²) in [5, 5.41) is 3.30. The van der Waals surface area contributed by atoms with Crippen LogP contribution in [0.25, 0.3) is 10.9 Å². The molecule has 1 aliphatic rings. The largest absolute Gasteiger partial charge is 0.465 e. The van der Waals surface area contributed by atoms with E-state index >= 15 is 0 Å². The maximum atomic E-state index is 11.7. The number of ether oxygens (including phenoxy) is 1. The number of fused-ring (bicyclic) bond motifs is 3. The van der Waals surface area contributed by atoms with Crippen LogP contribution >= 0.6 is 0 Å². The fourth-order valence-corrected chi connectivity index (χ4v) is 2.88. The molecule has 4 nitrogen and oxygen atoms in total. The molecule has 1 aromatic carbocycles. The Hall–Kier alpha value is -1.81. The van der Waals surface area contributed by atoms with Crippen LogP contribution in [-0.2, 0) is 16.0 Å². The molecule has 4 heteroatoms. The highest BCUT2D eigenvalue weighted by molar-refractivity contribution is 5.86. The molecule has 0 amide bonds. The van der Waals surface area contributed by atoms with Crippen LogP contribution in [0.2, 0.25) is 0 Å². The van der Waals surface area contributed by atoms with Gasteiger partial charge in [0, 0.05) is 17.3 Å². The smallest absolute Gasteiger partial charge is 0.364 e. The minimum absolute atomic E-state index is 0.128. The number of benzene rings is 1. The van der Waals surface area contributed by atoms with Gasteiger partial charge in [0.1, 0.15) is 6.04 Å². The van der Waals surface area contributed by atoms with Crippen molar-refractivity contribution < 1.29 is 14.8 Å². The van der Waals surface area contributed by atoms with E-state index in [1.807, 2.05) is 12.1 Å². The molecule has 0 fully saturated rings. The number of para-hydroxylation sites is 1. The van der Waals surface area contributed by atoms with E-state index in [-0.39, 0.29) is 18.1 Å². The van der Waals surface area contributed by atoms with Crippen molar-refractivity contribution in [3.05, 3.63) is 35.5 Å². The number of hydrogen-bond acceptors (Lipinski definition) is 2. The lowest BCUT2D eigenvalue weighted by Crippen LogP contribution is -2.94. The monoisotopic (exact) mass is 245 g/mol. The highest BCUT2D eigenvalue weighted by Crippen LogP contribution is 2.28. The van der Waals surface area contributed by atoms with Gasteiger partial charge in [-0.25, -0.2) is 4.79 Å². The molecule has 2 aromatic rings. The molecule has 0 unspecified atom stereocenters. The van der Waals surface area contributed by atoms with Gasteiger partial charge in [-0.1, -0.05) is 18.2 Å². The third-order valence-corrected chi connectivity index (χ3v) is 3.75. The molecule has 0 radical (unpaired) electrons. The molecule has 18 heavy (non-hydrogen) atoms. The fourth-order valence-electron chi connectivity index (χ4n) is 2.88. The highest BCUT2D eigenvalue weighted by atomic mass is 16.5. The maximum absolute atomic E-state index is 11.7. The summed E-state index contributed by atoms with van der Waals surface area (Å²) in [5.41, 5.74) is 3.64. The van der Waals surface area contributed by atoms with Crippen LogP contribution in [0.5, 0.6) is 0 Å². The molecule has 0 saturated heterocycles. The topological polar surface area (TPSA) is 58.7 Å². The van der Waals surface area contributed by atoms with Crippen molar-refractivity contribution in [1.29, 1.82) is 0 Å². The van der Waals surface area contributed by atoms with E-state index < -0.39 is 0 Å². The Kier molecular flexibility index (Phi) is 2.59. The quantitative estimate of drug-likeness (QED) is 0.733. The van der Waals surface area contributed by atoms with Gasteiger partial charge in [-0.15, -0.1) is 0 Å². The number of rotatable bonds is 1. The normalized spacial score (nSPS) is 22.8. The lowest BCUT2D eigenvalue weighted by atomic mass is 9.95. The van der Waals surface area contributed by atoms with E-state index in [4.69, 9.17) is 4.74 Å². The van der Waals surface area contributed by atoms with E-state index in [1.165, 1.54) is 23.8 Å². The summed E-state index contributed by atoms with van der Waals surface area (Å²) >= 11 is 0. The zero-order valence-electron chi connectivity index (χ0n) is 10.6. The number of quaternary nitrogens is 1. The molecule has 3 rings (SSSR count). The van der Waals surface area contributed by atoms with Crippen LogP contribution < -0.4 is 5.32 Å². The van der Waals surface area contributed by atoms with Gasteiger partial charge in [-0.05, 0) is 18.6 Å². The van der Waals surface area contributed by atoms with E-state index in [2.05, 4.69) is 29.4 Å². The number of esters is 1. The van der Waals surface area contributed by atoms with Crippen molar-refractivity contribution in [2.45, 2.75) is 25.4 Å². The first-order chi connectivity index (χ1) is 8.70. The van der Waals surface area contributed by atoms with Crippen molar-refractivity contribution >= 4 is 16.9 Å². The van der Waals surface area contributed by atoms with E-state index in [1.54, 1.807) is 0 Å². The molecule has 1 aromatic heterocycles. The van der Waals surface area contributed by atoms with Crippen LogP contribution in [0, 0.1) is 0 Å². The Morgan fingerprint density at radius 2 is 2.22 bits per heavy atom. The molecular formula is C14H17N2O2+. The van der Waals surface area contributed by atoms with Gasteiger partial charge in [0.25, 0.3) is 0 Å². The lowest BCUT2D eigenvalue weighted by Gasteiger charge is -2.24. The third-order valence-electron chi connectivity index (χ3n) is 3.75. The number of H-pyrrole nitrogens is 1. The fraction of sp³-hybridized carbons (Fsp3) is 0.357. The second kappa shape index (κ2) is 4.14. The number of aromatic amines is 1. The Bertz CT molecular complexity index is 603. The number of carbonyl (C=O) groups excluding carboxylic acids is 1. The van der Waals surface area contributed by atoms with Crippen molar-refractivity contribution in [2.24, 2.45) is 0 Å². The van der Waals surface area contributed by atoms with E-state index in [9.17, 15) is 4.79 Å². The van der Waals surface area contributed by atoms with Crippen LogP contribution in [0.3, 0.4) is 0 Å². The predicted octanol–water partition coefficient (Wildman–Crippen LogP) is 0.890. The summed E-state index contributed by atoms with van der Waals surface area (Å²) in [5.74, 6) is -0.141. The summed E-state index contributed by atoms with van der Waals surface area (Å²) < 4.78 is 4.86. The number of carbonyl (C=O) groups is 1. The number of nitrogens with two attached hydrogens (primary N) is 1. The molecule has 0 bridgehead atoms. The van der Waals surface area contributed by atoms with Gasteiger partial charge in [0.2, 0.25) is 0 Å². The first-order valence-corrected chi connectivity index (χ1v) is 6.23. The molecule has 0 saturated carbocycles. The average Bonchev–Trinajstić information content (AvgIpc) is 2.77. The van der Waals surface area contributed by atoms with Gasteiger partial charge in [0.15, 0.2) is 6.04 Å². The zero-order valence-corrected chi connectivity index (χ0v) is 10.6. The van der Waals surface area contributed by atoms with Crippen molar-refractivity contribution in [3.8, 4) is 0 Å². The molecule has 3 N–H and O–H groups in total. The third kappa shape index (κ3) is 1.61. The van der Waals surface area contributed by atoms with Crippen molar-refractivity contribution in [2.75, 3.05) is 7.11 Å². The zero-order chi connectivity index (χ0) is 12.7. The summed E-state index contributed by atoms with van der Waals surface area (Å²) in [4.78, 5) is 15.2. The summed E-state index contributed by atoms with van der Waals surface area (Å²) in [7, 11) is 1.45. The van der Waals surface area contributed by atoms with Gasteiger partial charge < -0.3 is 15.0 Å². The molecule has 0 aliphatic carbocycles. The lowest BCUT2D eigenvalue weighted by molar-refractivity contribution is -0.718. The van der Waals surface area contributed by atoms with Crippen LogP contribution in [0.4, 0.5) is 0 Å². The molecule has 2 heterocycles. The second-order valence-corrected chi connectivity index (χ2v) is 4.88. The van der Waals surface area contributed by atoms with Crippen molar-refractivity contribution in [3.63, 3.8) is 0 Å². The van der Waals surface area contributed by atoms with Crippen LogP contribution in [0.1, 0.15) is 24.2 Å². The SMILES string of the molecule is COC(=O)[C@H]1Cc2c([nH]c3ccccc23)[C@H](C)[NH2+]1. The molecule has 94 valence electrons. The first kappa shape index (κ1) is 11.3. The van der Waals surface area contributed by atoms with E-state index in [0.29, 0.717) is 0 Å². The van der Waals surface area contributed by atoms with E-state index in [0.717, 1.165) is 11.9 Å².